The van der Waals surface area contributed by atoms with Crippen molar-refractivity contribution in [2.45, 2.75) is 108 Å². The highest BCUT2D eigenvalue weighted by Gasteiger charge is 2.19. The van der Waals surface area contributed by atoms with Gasteiger partial charge in [0.15, 0.2) is 0 Å². The quantitative estimate of drug-likeness (QED) is 0.455. The summed E-state index contributed by atoms with van der Waals surface area (Å²) in [4.78, 5) is 10.7. The second kappa shape index (κ2) is 9.29. The molecule has 0 bridgehead atoms. The van der Waals surface area contributed by atoms with Gasteiger partial charge in [-0.1, -0.05) is 50.1 Å². The lowest BCUT2D eigenvalue weighted by Crippen LogP contribution is -2.38. The minimum absolute atomic E-state index is 0.432. The first-order chi connectivity index (χ1) is 11.4. The van der Waals surface area contributed by atoms with Crippen LogP contribution in [0.4, 0.5) is 0 Å². The summed E-state index contributed by atoms with van der Waals surface area (Å²) in [6, 6.07) is 1.65. The maximum Gasteiger partial charge on any atom is 0.315 e. The van der Waals surface area contributed by atoms with Crippen molar-refractivity contribution in [3.05, 3.63) is 0 Å². The van der Waals surface area contributed by atoms with Crippen LogP contribution in [0.5, 0.6) is 0 Å². The van der Waals surface area contributed by atoms with Crippen LogP contribution in [0.25, 0.3) is 0 Å². The molecule has 23 heavy (non-hydrogen) atoms. The molecule has 0 aliphatic heterocycles. The van der Waals surface area contributed by atoms with Crippen molar-refractivity contribution in [1.29, 1.82) is 0 Å². The van der Waals surface area contributed by atoms with Gasteiger partial charge in [-0.15, -0.1) is 0 Å². The Morgan fingerprint density at radius 3 is 2.09 bits per heavy atom. The van der Waals surface area contributed by atoms with Crippen molar-refractivity contribution >= 4 is 11.7 Å². The van der Waals surface area contributed by atoms with Crippen molar-refractivity contribution in [2.75, 3.05) is 0 Å². The maximum atomic E-state index is 5.81. The molecule has 3 aliphatic carbocycles. The van der Waals surface area contributed by atoms with E-state index in [4.69, 9.17) is 9.83 Å². The molecule has 3 saturated carbocycles. The van der Waals surface area contributed by atoms with Gasteiger partial charge in [0.25, 0.3) is 0 Å². The molecule has 0 radical (unpaired) electrons. The zero-order valence-electron chi connectivity index (χ0n) is 14.6. The van der Waals surface area contributed by atoms with E-state index >= 15 is 0 Å². The molecule has 4 heteroatoms. The Morgan fingerprint density at radius 1 is 0.783 bits per heavy atom. The van der Waals surface area contributed by atoms with Gasteiger partial charge < -0.3 is 10.2 Å². The molecule has 0 amide bonds. The van der Waals surface area contributed by atoms with E-state index in [2.05, 4.69) is 10.5 Å². The first kappa shape index (κ1) is 16.8. The fourth-order valence-corrected chi connectivity index (χ4v) is 4.04. The van der Waals surface area contributed by atoms with E-state index in [9.17, 15) is 0 Å². The van der Waals surface area contributed by atoms with Crippen LogP contribution in [0.3, 0.4) is 0 Å². The standard InChI is InChI=1S/C19H33N3O/c1-4-10-16(11-5-1)20-19(21-17-12-6-2-7-13-17)23-22-18-14-8-3-9-15-18/h16-17H,1-15H2,(H,20,21). The second-order valence-corrected chi connectivity index (χ2v) is 7.51. The molecule has 0 atom stereocenters. The van der Waals surface area contributed by atoms with Gasteiger partial charge in [-0.3, -0.25) is 0 Å². The fraction of sp³-hybridized carbons (Fsp3) is 0.895. The Morgan fingerprint density at radius 2 is 1.39 bits per heavy atom. The summed E-state index contributed by atoms with van der Waals surface area (Å²) in [6.07, 6.45) is 18.9. The Kier molecular flexibility index (Phi) is 6.78. The van der Waals surface area contributed by atoms with E-state index in [0.29, 0.717) is 18.1 Å². The van der Waals surface area contributed by atoms with Crippen LogP contribution in [0, 0.1) is 0 Å². The molecule has 1 N–H and O–H groups in total. The summed E-state index contributed by atoms with van der Waals surface area (Å²) in [7, 11) is 0. The molecule has 0 heterocycles. The highest BCUT2D eigenvalue weighted by atomic mass is 16.6. The molecule has 0 spiro atoms. The minimum atomic E-state index is 0.432. The SMILES string of the molecule is C1CCC(=NO/C(=N/C2CCCCC2)NC2CCCCC2)CC1. The molecule has 130 valence electrons. The Balaban J connectivity index is 1.60. The van der Waals surface area contributed by atoms with Crippen LogP contribution in [0.1, 0.15) is 96.3 Å². The van der Waals surface area contributed by atoms with E-state index in [0.717, 1.165) is 12.8 Å². The van der Waals surface area contributed by atoms with Crippen LogP contribution in [0.2, 0.25) is 0 Å². The highest BCUT2D eigenvalue weighted by molar-refractivity contribution is 5.85. The first-order valence-electron chi connectivity index (χ1n) is 9.97. The van der Waals surface area contributed by atoms with Crippen molar-refractivity contribution < 1.29 is 4.84 Å². The van der Waals surface area contributed by atoms with E-state index in [1.807, 2.05) is 0 Å². The summed E-state index contributed by atoms with van der Waals surface area (Å²) in [5, 5.41) is 8.00. The number of hydrogen-bond donors (Lipinski definition) is 1. The Bertz CT molecular complexity index is 399. The van der Waals surface area contributed by atoms with Crippen molar-refractivity contribution in [2.24, 2.45) is 10.1 Å². The summed E-state index contributed by atoms with van der Waals surface area (Å²) in [6.45, 7) is 0. The van der Waals surface area contributed by atoms with Gasteiger partial charge in [0.2, 0.25) is 0 Å². The smallest absolute Gasteiger partial charge is 0.315 e. The van der Waals surface area contributed by atoms with Crippen LogP contribution in [0.15, 0.2) is 10.1 Å². The average Bonchev–Trinajstić information content (AvgIpc) is 2.62. The Hall–Kier alpha value is -1.06. The third kappa shape index (κ3) is 5.82. The minimum Gasteiger partial charge on any atom is -0.335 e. The van der Waals surface area contributed by atoms with Gasteiger partial charge in [-0.25, -0.2) is 4.99 Å². The molecule has 3 aliphatic rings. The summed E-state index contributed by atoms with van der Waals surface area (Å²) in [5.74, 6) is 0. The third-order valence-corrected chi connectivity index (χ3v) is 5.50. The maximum absolute atomic E-state index is 5.81. The molecular formula is C19H33N3O. The zero-order chi connectivity index (χ0) is 15.7. The monoisotopic (exact) mass is 319 g/mol. The third-order valence-electron chi connectivity index (χ3n) is 5.50. The normalized spacial score (nSPS) is 25.2. The van der Waals surface area contributed by atoms with Gasteiger partial charge in [0.1, 0.15) is 0 Å². The van der Waals surface area contributed by atoms with Gasteiger partial charge in [-0.2, -0.15) is 0 Å². The number of amidine groups is 1. The summed E-state index contributed by atoms with van der Waals surface area (Å²) >= 11 is 0. The molecular weight excluding hydrogens is 286 g/mol. The zero-order valence-corrected chi connectivity index (χ0v) is 14.6. The lowest BCUT2D eigenvalue weighted by Gasteiger charge is -2.25. The predicted molar refractivity (Wildman–Crippen MR) is 95.9 cm³/mol. The largest absolute Gasteiger partial charge is 0.335 e. The number of nitrogens with one attached hydrogen (secondary N) is 1. The second-order valence-electron chi connectivity index (χ2n) is 7.51. The molecule has 0 aromatic heterocycles. The van der Waals surface area contributed by atoms with E-state index in [-0.39, 0.29) is 0 Å². The van der Waals surface area contributed by atoms with Gasteiger partial charge in [-0.05, 0) is 51.4 Å². The summed E-state index contributed by atoms with van der Waals surface area (Å²) in [5.41, 5.74) is 1.22. The van der Waals surface area contributed by atoms with Gasteiger partial charge in [0.05, 0.1) is 11.8 Å². The fourth-order valence-electron chi connectivity index (χ4n) is 4.04. The van der Waals surface area contributed by atoms with Gasteiger partial charge >= 0.3 is 6.02 Å². The van der Waals surface area contributed by atoms with Crippen molar-refractivity contribution in [3.8, 4) is 0 Å². The lowest BCUT2D eigenvalue weighted by atomic mass is 9.95. The summed E-state index contributed by atoms with van der Waals surface area (Å²) < 4.78 is 0. The van der Waals surface area contributed by atoms with E-state index in [1.54, 1.807) is 0 Å². The number of nitrogens with zero attached hydrogens (tertiary/aromatic N) is 2. The number of rotatable bonds is 3. The molecule has 0 unspecified atom stereocenters. The van der Waals surface area contributed by atoms with Crippen molar-refractivity contribution in [1.82, 2.24) is 5.32 Å². The molecule has 0 aromatic carbocycles. The molecule has 3 fully saturated rings. The van der Waals surface area contributed by atoms with E-state index < -0.39 is 0 Å². The highest BCUT2D eigenvalue weighted by Crippen LogP contribution is 2.22. The van der Waals surface area contributed by atoms with Crippen LogP contribution in [-0.2, 0) is 4.84 Å². The molecule has 4 nitrogen and oxygen atoms in total. The number of aliphatic imine (C=N–C) groups is 1. The topological polar surface area (TPSA) is 46.0 Å². The average molecular weight is 319 g/mol. The van der Waals surface area contributed by atoms with Crippen molar-refractivity contribution in [3.63, 3.8) is 0 Å². The van der Waals surface area contributed by atoms with Crippen LogP contribution in [-0.4, -0.2) is 23.8 Å². The predicted octanol–water partition coefficient (Wildman–Crippen LogP) is 4.93. The number of hydrogen-bond acceptors (Lipinski definition) is 3. The molecule has 0 aromatic rings. The van der Waals surface area contributed by atoms with Crippen LogP contribution < -0.4 is 5.32 Å². The van der Waals surface area contributed by atoms with E-state index in [1.165, 1.54) is 89.2 Å². The number of oxime groups is 1. The first-order valence-corrected chi connectivity index (χ1v) is 9.97. The molecule has 0 saturated heterocycles. The molecule has 3 rings (SSSR count). The van der Waals surface area contributed by atoms with Gasteiger partial charge in [0, 0.05) is 6.04 Å². The lowest BCUT2D eigenvalue weighted by molar-refractivity contribution is 0.281. The van der Waals surface area contributed by atoms with Crippen LogP contribution >= 0.6 is 0 Å². The Labute approximate surface area is 141 Å².